The molecule has 4 aromatic rings. The minimum Gasteiger partial charge on any atom is -0.332 e. The second-order valence-corrected chi connectivity index (χ2v) is 10.4. The second kappa shape index (κ2) is 12.7. The molecule has 0 aromatic heterocycles. The Bertz CT molecular complexity index is 1240. The fourth-order valence-electron chi connectivity index (χ4n) is 3.01. The van der Waals surface area contributed by atoms with E-state index in [1.807, 2.05) is 48.5 Å². The highest BCUT2D eigenvalue weighted by molar-refractivity contribution is 8.76. The minimum absolute atomic E-state index is 0.306. The summed E-state index contributed by atoms with van der Waals surface area (Å²) in [5.41, 5.74) is 3.07. The Labute approximate surface area is 226 Å². The van der Waals surface area contributed by atoms with Crippen molar-refractivity contribution in [3.05, 3.63) is 109 Å². The number of rotatable bonds is 7. The third-order valence-electron chi connectivity index (χ3n) is 4.70. The summed E-state index contributed by atoms with van der Waals surface area (Å²) in [4.78, 5) is 1.96. The molecule has 0 heterocycles. The van der Waals surface area contributed by atoms with Crippen molar-refractivity contribution in [2.24, 2.45) is 0 Å². The minimum atomic E-state index is -0.306. The molecule has 0 spiro atoms. The van der Waals surface area contributed by atoms with E-state index in [-0.39, 0.29) is 11.6 Å². The molecule has 36 heavy (non-hydrogen) atoms. The van der Waals surface area contributed by atoms with E-state index in [2.05, 4.69) is 21.3 Å². The van der Waals surface area contributed by atoms with E-state index in [4.69, 9.17) is 24.4 Å². The molecule has 0 saturated heterocycles. The first-order valence-corrected chi connectivity index (χ1v) is 13.6. The van der Waals surface area contributed by atoms with E-state index in [1.54, 1.807) is 45.9 Å². The third-order valence-corrected chi connectivity index (χ3v) is 7.59. The molecule has 0 radical (unpaired) electrons. The van der Waals surface area contributed by atoms with Gasteiger partial charge >= 0.3 is 0 Å². The van der Waals surface area contributed by atoms with Gasteiger partial charge in [-0.15, -0.1) is 0 Å². The fourth-order valence-corrected chi connectivity index (χ4v) is 5.74. The summed E-state index contributed by atoms with van der Waals surface area (Å²) in [6.07, 6.45) is 0. The Morgan fingerprint density at radius 3 is 1.25 bits per heavy atom. The van der Waals surface area contributed by atoms with Gasteiger partial charge in [0.25, 0.3) is 0 Å². The summed E-state index contributed by atoms with van der Waals surface area (Å²) in [6, 6.07) is 27.6. The monoisotopic (exact) mass is 554 g/mol. The molecule has 0 aliphatic rings. The Hall–Kier alpha value is -3.18. The van der Waals surface area contributed by atoms with Crippen LogP contribution >= 0.6 is 46.0 Å². The largest absolute Gasteiger partial charge is 0.332 e. The van der Waals surface area contributed by atoms with Gasteiger partial charge in [0, 0.05) is 21.2 Å². The summed E-state index contributed by atoms with van der Waals surface area (Å²) in [5.74, 6) is -0.611. The lowest BCUT2D eigenvalue weighted by molar-refractivity contribution is 0.627. The smallest absolute Gasteiger partial charge is 0.175 e. The predicted octanol–water partition coefficient (Wildman–Crippen LogP) is 8.38. The number of anilines is 4. The van der Waals surface area contributed by atoms with Crippen LogP contribution in [0.2, 0.25) is 0 Å². The van der Waals surface area contributed by atoms with Crippen molar-refractivity contribution >= 4 is 79.0 Å². The van der Waals surface area contributed by atoms with Crippen molar-refractivity contribution in [1.82, 2.24) is 0 Å². The first-order chi connectivity index (χ1) is 17.5. The van der Waals surface area contributed by atoms with E-state index in [1.165, 1.54) is 24.3 Å². The second-order valence-electron chi connectivity index (χ2n) is 7.33. The van der Waals surface area contributed by atoms with E-state index in [9.17, 15) is 8.78 Å². The molecule has 0 amide bonds. The van der Waals surface area contributed by atoms with Gasteiger partial charge in [0.15, 0.2) is 10.2 Å². The lowest BCUT2D eigenvalue weighted by Crippen LogP contribution is -2.19. The maximum atomic E-state index is 13.1. The summed E-state index contributed by atoms with van der Waals surface area (Å²) in [5, 5.41) is 13.3. The van der Waals surface area contributed by atoms with Gasteiger partial charge < -0.3 is 21.3 Å². The highest BCUT2D eigenvalue weighted by atomic mass is 33.1. The standard InChI is InChI=1S/C26H20F2N4S4/c27-17-9-13-19(14-10-17)29-25(33)31-21-5-1-3-7-23(21)35-36-24-8-4-2-6-22(24)32-26(34)30-20-15-11-18(28)12-16-20/h1-16H,(H2,29,31,33)(H2,30,32,34). The lowest BCUT2D eigenvalue weighted by Gasteiger charge is -2.15. The van der Waals surface area contributed by atoms with Crippen LogP contribution in [0.15, 0.2) is 107 Å². The average Bonchev–Trinajstić information content (AvgIpc) is 2.87. The molecule has 0 aliphatic heterocycles. The van der Waals surface area contributed by atoms with Crippen LogP contribution in [0, 0.1) is 11.6 Å². The lowest BCUT2D eigenvalue weighted by atomic mass is 10.3. The maximum absolute atomic E-state index is 13.1. The van der Waals surface area contributed by atoms with Gasteiger partial charge in [-0.1, -0.05) is 45.9 Å². The Kier molecular flexibility index (Phi) is 9.12. The van der Waals surface area contributed by atoms with Gasteiger partial charge in [-0.3, -0.25) is 0 Å². The van der Waals surface area contributed by atoms with E-state index < -0.39 is 0 Å². The van der Waals surface area contributed by atoms with Crippen molar-refractivity contribution in [2.75, 3.05) is 21.3 Å². The maximum Gasteiger partial charge on any atom is 0.175 e. The Balaban J connectivity index is 1.38. The highest BCUT2D eigenvalue weighted by Gasteiger charge is 2.10. The van der Waals surface area contributed by atoms with Crippen molar-refractivity contribution in [1.29, 1.82) is 0 Å². The molecule has 4 aromatic carbocycles. The van der Waals surface area contributed by atoms with Gasteiger partial charge in [-0.05, 0) is 97.2 Å². The molecular formula is C26H20F2N4S4. The number of thiocarbonyl (C=S) groups is 2. The topological polar surface area (TPSA) is 48.1 Å². The summed E-state index contributed by atoms with van der Waals surface area (Å²) < 4.78 is 26.3. The molecule has 4 rings (SSSR count). The first-order valence-electron chi connectivity index (χ1n) is 10.7. The molecule has 0 bridgehead atoms. The highest BCUT2D eigenvalue weighted by Crippen LogP contribution is 2.43. The van der Waals surface area contributed by atoms with Gasteiger partial charge in [0.2, 0.25) is 0 Å². The van der Waals surface area contributed by atoms with Crippen molar-refractivity contribution in [3.8, 4) is 0 Å². The summed E-state index contributed by atoms with van der Waals surface area (Å²) in [6.45, 7) is 0. The number of hydrogen-bond acceptors (Lipinski definition) is 4. The van der Waals surface area contributed by atoms with Gasteiger partial charge in [0.1, 0.15) is 11.6 Å². The van der Waals surface area contributed by atoms with Crippen molar-refractivity contribution in [3.63, 3.8) is 0 Å². The van der Waals surface area contributed by atoms with Crippen LogP contribution in [-0.2, 0) is 0 Å². The van der Waals surface area contributed by atoms with Crippen molar-refractivity contribution < 1.29 is 8.78 Å². The molecule has 0 unspecified atom stereocenters. The van der Waals surface area contributed by atoms with E-state index >= 15 is 0 Å². The predicted molar refractivity (Wildman–Crippen MR) is 157 cm³/mol. The van der Waals surface area contributed by atoms with Gasteiger partial charge in [-0.25, -0.2) is 8.78 Å². The number of benzene rings is 4. The molecule has 0 saturated carbocycles. The molecular weight excluding hydrogens is 535 g/mol. The summed E-state index contributed by atoms with van der Waals surface area (Å²) in [7, 11) is 3.14. The molecule has 10 heteroatoms. The number of nitrogens with one attached hydrogen (secondary N) is 4. The van der Waals surface area contributed by atoms with E-state index in [0.717, 1.165) is 21.2 Å². The SMILES string of the molecule is Fc1ccc(NC(=S)Nc2ccccc2SSc2ccccc2NC(=S)Nc2ccc(F)cc2)cc1. The molecule has 182 valence electrons. The normalized spacial score (nSPS) is 10.4. The third kappa shape index (κ3) is 7.66. The molecule has 4 nitrogen and oxygen atoms in total. The van der Waals surface area contributed by atoms with Crippen LogP contribution in [0.3, 0.4) is 0 Å². The van der Waals surface area contributed by atoms with Crippen molar-refractivity contribution in [2.45, 2.75) is 9.79 Å². The molecule has 0 aliphatic carbocycles. The number of para-hydroxylation sites is 2. The Morgan fingerprint density at radius 2 is 0.861 bits per heavy atom. The van der Waals surface area contributed by atoms with Crippen LogP contribution in [0.5, 0.6) is 0 Å². The fraction of sp³-hybridized carbons (Fsp3) is 0. The zero-order chi connectivity index (χ0) is 25.3. The zero-order valence-corrected chi connectivity index (χ0v) is 21.9. The van der Waals surface area contributed by atoms with Crippen LogP contribution in [0.25, 0.3) is 0 Å². The zero-order valence-electron chi connectivity index (χ0n) is 18.6. The van der Waals surface area contributed by atoms with Crippen LogP contribution in [0.4, 0.5) is 31.5 Å². The number of hydrogen-bond donors (Lipinski definition) is 4. The van der Waals surface area contributed by atoms with E-state index in [0.29, 0.717) is 21.6 Å². The first kappa shape index (κ1) is 25.9. The van der Waals surface area contributed by atoms with Gasteiger partial charge in [0.05, 0.1) is 11.4 Å². The molecule has 0 atom stereocenters. The van der Waals surface area contributed by atoms with Crippen LogP contribution in [-0.4, -0.2) is 10.2 Å². The Morgan fingerprint density at radius 1 is 0.500 bits per heavy atom. The molecule has 4 N–H and O–H groups in total. The quantitative estimate of drug-likeness (QED) is 0.134. The summed E-state index contributed by atoms with van der Waals surface area (Å²) >= 11 is 10.9. The van der Waals surface area contributed by atoms with Crippen LogP contribution in [0.1, 0.15) is 0 Å². The number of halogens is 2. The molecule has 0 fully saturated rings. The van der Waals surface area contributed by atoms with Gasteiger partial charge in [-0.2, -0.15) is 0 Å². The van der Waals surface area contributed by atoms with Crippen LogP contribution < -0.4 is 21.3 Å². The average molecular weight is 555 g/mol.